The Balaban J connectivity index is 2.38. The quantitative estimate of drug-likeness (QED) is 0.588. The molecule has 0 spiro atoms. The van der Waals surface area contributed by atoms with Crippen LogP contribution in [0.1, 0.15) is 17.5 Å². The van der Waals surface area contributed by atoms with Crippen molar-refractivity contribution < 1.29 is 14.0 Å². The van der Waals surface area contributed by atoms with Crippen LogP contribution in [0.15, 0.2) is 40.8 Å². The third-order valence-electron chi connectivity index (χ3n) is 3.29. The largest absolute Gasteiger partial charge is 0.451 e. The number of nitrogens with one attached hydrogen (secondary N) is 1. The lowest BCUT2D eigenvalue weighted by atomic mass is 10.0. The number of anilines is 1. The normalized spacial score (nSPS) is 11.0. The number of halogens is 1. The Hall–Kier alpha value is -2.33. The lowest BCUT2D eigenvalue weighted by molar-refractivity contribution is -0.113. The summed E-state index contributed by atoms with van der Waals surface area (Å²) in [6.07, 6.45) is 0. The van der Waals surface area contributed by atoms with Crippen LogP contribution in [0, 0.1) is 0 Å². The average molecular weight is 302 g/mol. The number of Topliss-reactive ketones (excluding diaryl/α,β-unsaturated/α-hetero) is 1. The summed E-state index contributed by atoms with van der Waals surface area (Å²) in [4.78, 5) is 23.4. The van der Waals surface area contributed by atoms with Gasteiger partial charge in [0.05, 0.1) is 11.1 Å². The molecule has 0 saturated heterocycles. The number of benzene rings is 2. The molecule has 0 aliphatic heterocycles. The standard InChI is InChI=1S/C16H12ClNO3/c1-9(19)16-15(18-13(20)8-17)14-11-5-3-2-4-10(11)6-7-12(14)21-16/h2-7H,8H2,1H3,(H,18,20). The second-order valence-electron chi connectivity index (χ2n) is 4.70. The summed E-state index contributed by atoms with van der Waals surface area (Å²) < 4.78 is 5.61. The van der Waals surface area contributed by atoms with Gasteiger partial charge in [-0.05, 0) is 16.8 Å². The third kappa shape index (κ3) is 2.28. The molecular formula is C16H12ClNO3. The Labute approximate surface area is 125 Å². The molecular weight excluding hydrogens is 290 g/mol. The van der Waals surface area contributed by atoms with Gasteiger partial charge >= 0.3 is 0 Å². The van der Waals surface area contributed by atoms with Gasteiger partial charge < -0.3 is 9.73 Å². The van der Waals surface area contributed by atoms with Crippen molar-refractivity contribution in [2.75, 3.05) is 11.2 Å². The Bertz CT molecular complexity index is 866. The molecule has 3 aromatic rings. The molecule has 0 saturated carbocycles. The number of furan rings is 1. The number of amides is 1. The fourth-order valence-corrected chi connectivity index (χ4v) is 2.48. The zero-order valence-corrected chi connectivity index (χ0v) is 12.0. The average Bonchev–Trinajstić information content (AvgIpc) is 2.86. The van der Waals surface area contributed by atoms with Crippen LogP contribution in [0.5, 0.6) is 0 Å². The van der Waals surface area contributed by atoms with Gasteiger partial charge in [0, 0.05) is 6.92 Å². The van der Waals surface area contributed by atoms with Crippen molar-refractivity contribution in [2.45, 2.75) is 6.92 Å². The highest BCUT2D eigenvalue weighted by atomic mass is 35.5. The highest BCUT2D eigenvalue weighted by molar-refractivity contribution is 6.30. The number of fused-ring (bicyclic) bond motifs is 3. The van der Waals surface area contributed by atoms with Gasteiger partial charge in [0.1, 0.15) is 11.5 Å². The van der Waals surface area contributed by atoms with E-state index in [0.29, 0.717) is 11.3 Å². The Kier molecular flexibility index (Phi) is 3.39. The first kappa shape index (κ1) is 13.6. The summed E-state index contributed by atoms with van der Waals surface area (Å²) in [5.74, 6) is -0.677. The number of hydrogen-bond donors (Lipinski definition) is 1. The van der Waals surface area contributed by atoms with Gasteiger partial charge in [-0.3, -0.25) is 9.59 Å². The summed E-state index contributed by atoms with van der Waals surface area (Å²) in [7, 11) is 0. The van der Waals surface area contributed by atoms with Crippen molar-refractivity contribution in [1.29, 1.82) is 0 Å². The molecule has 0 bridgehead atoms. The molecule has 2 aromatic carbocycles. The predicted octanol–water partition coefficient (Wildman–Crippen LogP) is 3.97. The van der Waals surface area contributed by atoms with Crippen molar-refractivity contribution in [3.63, 3.8) is 0 Å². The maximum atomic E-state index is 11.8. The van der Waals surface area contributed by atoms with E-state index in [-0.39, 0.29) is 23.3 Å². The van der Waals surface area contributed by atoms with E-state index in [4.69, 9.17) is 16.0 Å². The van der Waals surface area contributed by atoms with Crippen molar-refractivity contribution in [2.24, 2.45) is 0 Å². The Morgan fingerprint density at radius 2 is 1.95 bits per heavy atom. The van der Waals surface area contributed by atoms with Crippen molar-refractivity contribution in [3.8, 4) is 0 Å². The summed E-state index contributed by atoms with van der Waals surface area (Å²) in [5, 5.41) is 5.31. The van der Waals surface area contributed by atoms with Crippen LogP contribution < -0.4 is 5.32 Å². The van der Waals surface area contributed by atoms with E-state index in [9.17, 15) is 9.59 Å². The number of ketones is 1. The van der Waals surface area contributed by atoms with Crippen LogP contribution in [-0.2, 0) is 4.79 Å². The van der Waals surface area contributed by atoms with Crippen molar-refractivity contribution in [3.05, 3.63) is 42.2 Å². The number of alkyl halides is 1. The zero-order valence-electron chi connectivity index (χ0n) is 11.3. The molecule has 0 aliphatic rings. The predicted molar refractivity (Wildman–Crippen MR) is 83.1 cm³/mol. The first-order valence-corrected chi connectivity index (χ1v) is 6.96. The summed E-state index contributed by atoms with van der Waals surface area (Å²) >= 11 is 5.54. The Morgan fingerprint density at radius 1 is 1.19 bits per heavy atom. The SMILES string of the molecule is CC(=O)c1oc2ccc3ccccc3c2c1NC(=O)CCl. The maximum Gasteiger partial charge on any atom is 0.239 e. The minimum Gasteiger partial charge on any atom is -0.451 e. The van der Waals surface area contributed by atoms with E-state index in [0.717, 1.165) is 16.2 Å². The van der Waals surface area contributed by atoms with Crippen LogP contribution in [0.3, 0.4) is 0 Å². The molecule has 4 nitrogen and oxygen atoms in total. The second kappa shape index (κ2) is 5.22. The molecule has 106 valence electrons. The van der Waals surface area contributed by atoms with Crippen LogP contribution in [0.25, 0.3) is 21.7 Å². The van der Waals surface area contributed by atoms with Crippen LogP contribution >= 0.6 is 11.6 Å². The van der Waals surface area contributed by atoms with Gasteiger partial charge in [-0.15, -0.1) is 11.6 Å². The van der Waals surface area contributed by atoms with E-state index in [1.807, 2.05) is 30.3 Å². The molecule has 1 amide bonds. The summed E-state index contributed by atoms with van der Waals surface area (Å²) in [6.45, 7) is 1.40. The highest BCUT2D eigenvalue weighted by Crippen LogP contribution is 2.36. The first-order chi connectivity index (χ1) is 10.1. The van der Waals surface area contributed by atoms with Crippen LogP contribution in [0.4, 0.5) is 5.69 Å². The minimum absolute atomic E-state index is 0.139. The van der Waals surface area contributed by atoms with Gasteiger partial charge in [0.2, 0.25) is 5.91 Å². The lowest BCUT2D eigenvalue weighted by Gasteiger charge is -2.04. The Morgan fingerprint density at radius 3 is 2.67 bits per heavy atom. The minimum atomic E-state index is -0.380. The van der Waals surface area contributed by atoms with Gasteiger partial charge in [-0.1, -0.05) is 30.3 Å². The van der Waals surface area contributed by atoms with E-state index in [1.54, 1.807) is 6.07 Å². The van der Waals surface area contributed by atoms with Gasteiger partial charge in [-0.2, -0.15) is 0 Å². The fraction of sp³-hybridized carbons (Fsp3) is 0.125. The van der Waals surface area contributed by atoms with Gasteiger partial charge in [0.25, 0.3) is 0 Å². The summed E-state index contributed by atoms with van der Waals surface area (Å²) in [6, 6.07) is 11.4. The number of carbonyl (C=O) groups excluding carboxylic acids is 2. The van der Waals surface area contributed by atoms with Gasteiger partial charge in [0.15, 0.2) is 11.5 Å². The lowest BCUT2D eigenvalue weighted by Crippen LogP contribution is -2.14. The van der Waals surface area contributed by atoms with Gasteiger partial charge in [-0.25, -0.2) is 0 Å². The van der Waals surface area contributed by atoms with E-state index in [1.165, 1.54) is 6.92 Å². The number of hydrogen-bond acceptors (Lipinski definition) is 3. The summed E-state index contributed by atoms with van der Waals surface area (Å²) in [5.41, 5.74) is 0.948. The molecule has 21 heavy (non-hydrogen) atoms. The second-order valence-corrected chi connectivity index (χ2v) is 4.97. The van der Waals surface area contributed by atoms with E-state index < -0.39 is 0 Å². The maximum absolute atomic E-state index is 11.8. The fourth-order valence-electron chi connectivity index (χ4n) is 2.41. The zero-order chi connectivity index (χ0) is 15.0. The molecule has 1 N–H and O–H groups in total. The third-order valence-corrected chi connectivity index (χ3v) is 3.53. The molecule has 0 radical (unpaired) electrons. The molecule has 1 heterocycles. The monoisotopic (exact) mass is 301 g/mol. The number of carbonyl (C=O) groups is 2. The molecule has 0 unspecified atom stereocenters. The molecule has 0 aliphatic carbocycles. The number of rotatable bonds is 3. The van der Waals surface area contributed by atoms with Crippen molar-refractivity contribution >= 4 is 50.7 Å². The molecule has 1 aromatic heterocycles. The first-order valence-electron chi connectivity index (χ1n) is 6.43. The van der Waals surface area contributed by atoms with E-state index >= 15 is 0 Å². The van der Waals surface area contributed by atoms with E-state index in [2.05, 4.69) is 5.32 Å². The molecule has 0 atom stereocenters. The van der Waals surface area contributed by atoms with Crippen LogP contribution in [0.2, 0.25) is 0 Å². The molecule has 3 rings (SSSR count). The van der Waals surface area contributed by atoms with Crippen LogP contribution in [-0.4, -0.2) is 17.6 Å². The topological polar surface area (TPSA) is 59.3 Å². The molecule has 5 heteroatoms. The smallest absolute Gasteiger partial charge is 0.239 e. The highest BCUT2D eigenvalue weighted by Gasteiger charge is 2.21. The molecule has 0 fully saturated rings. The van der Waals surface area contributed by atoms with Crippen molar-refractivity contribution in [1.82, 2.24) is 0 Å².